The van der Waals surface area contributed by atoms with Gasteiger partial charge >= 0.3 is 0 Å². The molecule has 228 valence electrons. The first-order valence-corrected chi connectivity index (χ1v) is 16.6. The number of fused-ring (bicyclic) bond motifs is 9. The van der Waals surface area contributed by atoms with Gasteiger partial charge in [0.2, 0.25) is 0 Å². The lowest BCUT2D eigenvalue weighted by Crippen LogP contribution is -2.16. The van der Waals surface area contributed by atoms with Gasteiger partial charge in [0.15, 0.2) is 5.58 Å². The minimum atomic E-state index is -0.122. The van der Waals surface area contributed by atoms with E-state index in [4.69, 9.17) is 4.42 Å². The lowest BCUT2D eigenvalue weighted by molar-refractivity contribution is 0.660. The number of hydrogen-bond acceptors (Lipinski definition) is 2. The fourth-order valence-electron chi connectivity index (χ4n) is 8.12. The zero-order valence-electron chi connectivity index (χ0n) is 26.8. The largest absolute Gasteiger partial charge is 0.454 e. The Morgan fingerprint density at radius 1 is 0.500 bits per heavy atom. The van der Waals surface area contributed by atoms with E-state index in [0.717, 1.165) is 50.2 Å². The van der Waals surface area contributed by atoms with Crippen molar-refractivity contribution in [3.63, 3.8) is 0 Å². The van der Waals surface area contributed by atoms with E-state index in [0.29, 0.717) is 0 Å². The van der Waals surface area contributed by atoms with Crippen LogP contribution in [0.1, 0.15) is 25.0 Å². The number of hydrogen-bond donors (Lipinski definition) is 0. The number of furan rings is 1. The van der Waals surface area contributed by atoms with E-state index in [2.05, 4.69) is 175 Å². The second kappa shape index (κ2) is 9.97. The predicted molar refractivity (Wildman–Crippen MR) is 200 cm³/mol. The molecule has 10 rings (SSSR count). The summed E-state index contributed by atoms with van der Waals surface area (Å²) in [5.41, 5.74) is 13.7. The Morgan fingerprint density at radius 2 is 1.17 bits per heavy atom. The van der Waals surface area contributed by atoms with Crippen LogP contribution in [0.5, 0.6) is 0 Å². The number of aromatic nitrogens is 1. The Hall–Kier alpha value is -6.06. The summed E-state index contributed by atoms with van der Waals surface area (Å²) >= 11 is 0. The van der Waals surface area contributed by atoms with Gasteiger partial charge in [0.25, 0.3) is 0 Å². The quantitative estimate of drug-likeness (QED) is 0.196. The lowest BCUT2D eigenvalue weighted by atomic mass is 9.82. The Kier molecular flexibility index (Phi) is 5.63. The first-order chi connectivity index (χ1) is 23.6. The third-order valence-corrected chi connectivity index (χ3v) is 10.4. The predicted octanol–water partition coefficient (Wildman–Crippen LogP) is 12.5. The van der Waals surface area contributed by atoms with Crippen LogP contribution in [-0.2, 0) is 5.41 Å². The average molecular weight is 617 g/mol. The summed E-state index contributed by atoms with van der Waals surface area (Å²) < 4.78 is 9.06. The zero-order valence-corrected chi connectivity index (χ0v) is 26.8. The van der Waals surface area contributed by atoms with E-state index in [1.54, 1.807) is 0 Å². The maximum atomic E-state index is 6.67. The molecule has 0 aliphatic heterocycles. The van der Waals surface area contributed by atoms with Crippen LogP contribution in [0.2, 0.25) is 0 Å². The number of benzene rings is 7. The number of anilines is 3. The van der Waals surface area contributed by atoms with Crippen molar-refractivity contribution in [1.29, 1.82) is 0 Å². The minimum Gasteiger partial charge on any atom is -0.454 e. The monoisotopic (exact) mass is 616 g/mol. The standard InChI is InChI=1S/C45H32N2O/c1-45(2)38-19-9-6-15-32(38)33-25-23-30(27-39(33)45)46(41-21-12-18-37-36-17-8-11-22-43(36)48-44(37)41)31-24-26-35-34-16-7-10-20-40(34)47(42(35)28-31)29-13-4-3-5-14-29/h3-28H,1-2H3. The maximum Gasteiger partial charge on any atom is 0.159 e. The van der Waals surface area contributed by atoms with Crippen LogP contribution < -0.4 is 4.90 Å². The zero-order chi connectivity index (χ0) is 32.0. The van der Waals surface area contributed by atoms with Crippen LogP contribution in [-0.4, -0.2) is 4.57 Å². The molecule has 3 heteroatoms. The molecule has 2 aromatic heterocycles. The summed E-state index contributed by atoms with van der Waals surface area (Å²) in [5, 5.41) is 4.71. The van der Waals surface area contributed by atoms with Crippen molar-refractivity contribution in [3.05, 3.63) is 169 Å². The fraction of sp³-hybridized carbons (Fsp3) is 0.0667. The van der Waals surface area contributed by atoms with Gasteiger partial charge in [0.05, 0.1) is 16.7 Å². The first kappa shape index (κ1) is 27.1. The van der Waals surface area contributed by atoms with E-state index in [9.17, 15) is 0 Å². The third kappa shape index (κ3) is 3.76. The number of rotatable bonds is 4. The lowest BCUT2D eigenvalue weighted by Gasteiger charge is -2.28. The number of para-hydroxylation sites is 4. The summed E-state index contributed by atoms with van der Waals surface area (Å²) in [6.07, 6.45) is 0. The Labute approximate surface area is 278 Å². The molecule has 9 aromatic rings. The molecule has 1 aliphatic carbocycles. The highest BCUT2D eigenvalue weighted by Crippen LogP contribution is 2.51. The van der Waals surface area contributed by atoms with Gasteiger partial charge in [-0.2, -0.15) is 0 Å². The molecule has 0 saturated heterocycles. The highest BCUT2D eigenvalue weighted by Gasteiger charge is 2.36. The molecule has 2 heterocycles. The second-order valence-corrected chi connectivity index (χ2v) is 13.4. The summed E-state index contributed by atoms with van der Waals surface area (Å²) in [6, 6.07) is 56.9. The van der Waals surface area contributed by atoms with E-state index >= 15 is 0 Å². The van der Waals surface area contributed by atoms with Crippen molar-refractivity contribution in [2.75, 3.05) is 4.90 Å². The molecule has 0 amide bonds. The van der Waals surface area contributed by atoms with E-state index in [1.807, 2.05) is 6.07 Å². The molecule has 7 aromatic carbocycles. The van der Waals surface area contributed by atoms with Crippen molar-refractivity contribution in [1.82, 2.24) is 4.57 Å². The van der Waals surface area contributed by atoms with Crippen LogP contribution in [0.25, 0.3) is 60.6 Å². The molecule has 0 unspecified atom stereocenters. The van der Waals surface area contributed by atoms with Crippen molar-refractivity contribution >= 4 is 60.8 Å². The van der Waals surface area contributed by atoms with Crippen LogP contribution in [0.15, 0.2) is 162 Å². The first-order valence-electron chi connectivity index (χ1n) is 16.6. The summed E-state index contributed by atoms with van der Waals surface area (Å²) in [6.45, 7) is 4.69. The highest BCUT2D eigenvalue weighted by molar-refractivity contribution is 6.12. The molecular formula is C45H32N2O. The van der Waals surface area contributed by atoms with Crippen LogP contribution in [0, 0.1) is 0 Å². The smallest absolute Gasteiger partial charge is 0.159 e. The van der Waals surface area contributed by atoms with Gasteiger partial charge in [-0.05, 0) is 76.9 Å². The molecule has 0 radical (unpaired) electrons. The summed E-state index contributed by atoms with van der Waals surface area (Å²) in [4.78, 5) is 2.39. The van der Waals surface area contributed by atoms with Crippen molar-refractivity contribution < 1.29 is 4.42 Å². The molecule has 0 atom stereocenters. The second-order valence-electron chi connectivity index (χ2n) is 13.4. The molecule has 48 heavy (non-hydrogen) atoms. The molecule has 0 N–H and O–H groups in total. The molecule has 1 aliphatic rings. The van der Waals surface area contributed by atoms with Gasteiger partial charge in [-0.15, -0.1) is 0 Å². The molecule has 0 saturated carbocycles. The number of nitrogens with zero attached hydrogens (tertiary/aromatic N) is 2. The Balaban J connectivity index is 1.27. The molecular weight excluding hydrogens is 585 g/mol. The van der Waals surface area contributed by atoms with Crippen LogP contribution in [0.3, 0.4) is 0 Å². The summed E-state index contributed by atoms with van der Waals surface area (Å²) in [7, 11) is 0. The fourth-order valence-corrected chi connectivity index (χ4v) is 8.12. The van der Waals surface area contributed by atoms with Gasteiger partial charge in [-0.3, -0.25) is 0 Å². The topological polar surface area (TPSA) is 21.3 Å². The van der Waals surface area contributed by atoms with E-state index < -0.39 is 0 Å². The van der Waals surface area contributed by atoms with Crippen molar-refractivity contribution in [2.24, 2.45) is 0 Å². The van der Waals surface area contributed by atoms with Gasteiger partial charge < -0.3 is 13.9 Å². The van der Waals surface area contributed by atoms with E-state index in [-0.39, 0.29) is 5.41 Å². The molecule has 0 bridgehead atoms. The molecule has 0 fully saturated rings. The van der Waals surface area contributed by atoms with Crippen LogP contribution >= 0.6 is 0 Å². The van der Waals surface area contributed by atoms with Gasteiger partial charge in [-0.25, -0.2) is 0 Å². The van der Waals surface area contributed by atoms with Crippen molar-refractivity contribution in [2.45, 2.75) is 19.3 Å². The maximum absolute atomic E-state index is 6.67. The SMILES string of the molecule is CC1(C)c2ccccc2-c2ccc(N(c3ccc4c5ccccc5n(-c5ccccc5)c4c3)c3cccc4c3oc3ccccc34)cc21. The van der Waals surface area contributed by atoms with Crippen LogP contribution in [0.4, 0.5) is 17.1 Å². The normalized spacial score (nSPS) is 13.4. The van der Waals surface area contributed by atoms with Gasteiger partial charge in [0.1, 0.15) is 5.58 Å². The Bertz CT molecular complexity index is 2710. The van der Waals surface area contributed by atoms with Gasteiger partial charge in [0, 0.05) is 44.0 Å². The Morgan fingerprint density at radius 3 is 2.06 bits per heavy atom. The van der Waals surface area contributed by atoms with Gasteiger partial charge in [-0.1, -0.05) is 117 Å². The molecule has 0 spiro atoms. The third-order valence-electron chi connectivity index (χ3n) is 10.4. The minimum absolute atomic E-state index is 0.122. The van der Waals surface area contributed by atoms with Crippen molar-refractivity contribution in [3.8, 4) is 16.8 Å². The highest BCUT2D eigenvalue weighted by atomic mass is 16.3. The average Bonchev–Trinajstić information content (AvgIpc) is 3.75. The van der Waals surface area contributed by atoms with E-state index in [1.165, 1.54) is 38.5 Å². The molecule has 3 nitrogen and oxygen atoms in total. The summed E-state index contributed by atoms with van der Waals surface area (Å²) in [5.74, 6) is 0.